The summed E-state index contributed by atoms with van der Waals surface area (Å²) in [4.78, 5) is 28.2. The molecule has 0 saturated carbocycles. The van der Waals surface area contributed by atoms with E-state index >= 15 is 0 Å². The average molecular weight is 431 g/mol. The molecule has 3 rings (SSSR count). The number of pyridine rings is 1. The van der Waals surface area contributed by atoms with Crippen LogP contribution in [-0.4, -0.2) is 48.7 Å². The first-order chi connectivity index (χ1) is 14.5. The highest BCUT2D eigenvalue weighted by Gasteiger charge is 2.33. The Morgan fingerprint density at radius 2 is 1.70 bits per heavy atom. The van der Waals surface area contributed by atoms with E-state index in [0.29, 0.717) is 13.0 Å². The topological polar surface area (TPSA) is 108 Å². The molecule has 1 fully saturated rings. The number of benzene rings is 1. The lowest BCUT2D eigenvalue weighted by atomic mass is 10.0. The molecule has 1 atom stereocenters. The molecule has 160 valence electrons. The second-order valence-corrected chi connectivity index (χ2v) is 9.05. The van der Waals surface area contributed by atoms with Gasteiger partial charge in [0.25, 0.3) is 0 Å². The molecule has 0 bridgehead atoms. The van der Waals surface area contributed by atoms with Crippen LogP contribution in [-0.2, 0) is 26.2 Å². The van der Waals surface area contributed by atoms with Gasteiger partial charge in [-0.1, -0.05) is 24.6 Å². The smallest absolute Gasteiger partial charge is 0.309 e. The van der Waals surface area contributed by atoms with E-state index in [0.717, 1.165) is 24.8 Å². The zero-order valence-corrected chi connectivity index (χ0v) is 17.5. The Balaban J connectivity index is 1.51. The number of carbonyl (C=O) groups excluding carboxylic acids is 2. The number of amides is 2. The number of rotatable bonds is 7. The first-order valence-electron chi connectivity index (χ1n) is 10.0. The summed E-state index contributed by atoms with van der Waals surface area (Å²) in [5.74, 6) is -1.44. The van der Waals surface area contributed by atoms with Gasteiger partial charge in [0.05, 0.1) is 4.90 Å². The van der Waals surface area contributed by atoms with E-state index in [-0.39, 0.29) is 24.0 Å². The van der Waals surface area contributed by atoms with Gasteiger partial charge in [-0.05, 0) is 49.1 Å². The summed E-state index contributed by atoms with van der Waals surface area (Å²) in [6, 6.07) is 11.7. The van der Waals surface area contributed by atoms with E-state index in [1.807, 2.05) is 0 Å². The van der Waals surface area contributed by atoms with Gasteiger partial charge in [0.1, 0.15) is 0 Å². The molecular formula is C21H26N4O4S. The van der Waals surface area contributed by atoms with Crippen molar-refractivity contribution in [3.05, 3.63) is 60.4 Å². The van der Waals surface area contributed by atoms with Crippen LogP contribution in [0.1, 0.15) is 31.2 Å². The third-order valence-electron chi connectivity index (χ3n) is 5.09. The van der Waals surface area contributed by atoms with Gasteiger partial charge in [0.2, 0.25) is 10.0 Å². The van der Waals surface area contributed by atoms with Gasteiger partial charge < -0.3 is 10.6 Å². The van der Waals surface area contributed by atoms with E-state index in [4.69, 9.17) is 0 Å². The summed E-state index contributed by atoms with van der Waals surface area (Å²) >= 11 is 0. The SMILES string of the molecule is O=C(NCC[C@H]1CCCCN1S(=O)(=O)c1ccccc1)C(=O)NCc1ccncc1. The van der Waals surface area contributed by atoms with E-state index < -0.39 is 21.8 Å². The molecule has 2 N–H and O–H groups in total. The van der Waals surface area contributed by atoms with Gasteiger partial charge in [-0.2, -0.15) is 4.31 Å². The molecule has 1 aliphatic rings. The maximum atomic E-state index is 13.0. The van der Waals surface area contributed by atoms with E-state index in [1.54, 1.807) is 54.9 Å². The van der Waals surface area contributed by atoms with Crippen molar-refractivity contribution in [2.24, 2.45) is 0 Å². The Bertz CT molecular complexity index is 951. The van der Waals surface area contributed by atoms with Gasteiger partial charge in [0, 0.05) is 38.1 Å². The van der Waals surface area contributed by atoms with Crippen LogP contribution in [0.3, 0.4) is 0 Å². The molecule has 9 heteroatoms. The highest BCUT2D eigenvalue weighted by Crippen LogP contribution is 2.26. The van der Waals surface area contributed by atoms with Crippen molar-refractivity contribution < 1.29 is 18.0 Å². The first kappa shape index (κ1) is 21.9. The number of hydrogen-bond donors (Lipinski definition) is 2. The van der Waals surface area contributed by atoms with Crippen LogP contribution < -0.4 is 10.6 Å². The van der Waals surface area contributed by atoms with Crippen molar-refractivity contribution >= 4 is 21.8 Å². The van der Waals surface area contributed by atoms with Gasteiger partial charge in [0.15, 0.2) is 0 Å². The van der Waals surface area contributed by atoms with Crippen LogP contribution in [0.2, 0.25) is 0 Å². The predicted octanol–water partition coefficient (Wildman–Crippen LogP) is 1.45. The van der Waals surface area contributed by atoms with Gasteiger partial charge in [-0.15, -0.1) is 0 Å². The molecule has 0 unspecified atom stereocenters. The molecule has 1 saturated heterocycles. The minimum Gasteiger partial charge on any atom is -0.348 e. The Kier molecular flexibility index (Phi) is 7.53. The highest BCUT2D eigenvalue weighted by atomic mass is 32.2. The van der Waals surface area contributed by atoms with Crippen LogP contribution in [0.15, 0.2) is 59.8 Å². The molecule has 8 nitrogen and oxygen atoms in total. The monoisotopic (exact) mass is 430 g/mol. The Labute approximate surface area is 176 Å². The zero-order chi connectivity index (χ0) is 21.4. The van der Waals surface area contributed by atoms with Crippen LogP contribution >= 0.6 is 0 Å². The van der Waals surface area contributed by atoms with E-state index in [1.165, 1.54) is 4.31 Å². The van der Waals surface area contributed by atoms with Crippen molar-refractivity contribution in [2.75, 3.05) is 13.1 Å². The largest absolute Gasteiger partial charge is 0.348 e. The Morgan fingerprint density at radius 1 is 1.00 bits per heavy atom. The molecule has 1 aliphatic heterocycles. The lowest BCUT2D eigenvalue weighted by Crippen LogP contribution is -2.46. The minimum absolute atomic E-state index is 0.205. The van der Waals surface area contributed by atoms with Crippen LogP contribution in [0.25, 0.3) is 0 Å². The Morgan fingerprint density at radius 3 is 2.43 bits per heavy atom. The predicted molar refractivity (Wildman–Crippen MR) is 112 cm³/mol. The standard InChI is InChI=1S/C21H26N4O4S/c26-20(21(27)24-16-17-9-12-22-13-10-17)23-14-11-18-6-4-5-15-25(18)30(28,29)19-7-2-1-3-8-19/h1-3,7-10,12-13,18H,4-6,11,14-16H2,(H,23,26)(H,24,27)/t18-/m1/s1. The third kappa shape index (κ3) is 5.64. The molecular weight excluding hydrogens is 404 g/mol. The quantitative estimate of drug-likeness (QED) is 0.647. The number of nitrogens with one attached hydrogen (secondary N) is 2. The summed E-state index contributed by atoms with van der Waals surface area (Å²) in [5, 5.41) is 5.15. The molecule has 1 aromatic carbocycles. The fourth-order valence-corrected chi connectivity index (χ4v) is 5.25. The molecule has 0 radical (unpaired) electrons. The normalized spacial score (nSPS) is 17.3. The van der Waals surface area contributed by atoms with Crippen LogP contribution in [0, 0.1) is 0 Å². The molecule has 30 heavy (non-hydrogen) atoms. The van der Waals surface area contributed by atoms with Crippen molar-refractivity contribution in [3.63, 3.8) is 0 Å². The number of hydrogen-bond acceptors (Lipinski definition) is 5. The van der Waals surface area contributed by atoms with Crippen molar-refractivity contribution in [3.8, 4) is 0 Å². The summed E-state index contributed by atoms with van der Waals surface area (Å²) in [7, 11) is -3.58. The number of sulfonamides is 1. The van der Waals surface area contributed by atoms with E-state index in [9.17, 15) is 18.0 Å². The zero-order valence-electron chi connectivity index (χ0n) is 16.7. The third-order valence-corrected chi connectivity index (χ3v) is 7.06. The second-order valence-electron chi connectivity index (χ2n) is 7.16. The van der Waals surface area contributed by atoms with Crippen molar-refractivity contribution in [2.45, 2.75) is 43.2 Å². The number of nitrogens with zero attached hydrogens (tertiary/aromatic N) is 2. The number of aromatic nitrogens is 1. The molecule has 0 spiro atoms. The number of carbonyl (C=O) groups is 2. The fourth-order valence-electron chi connectivity index (χ4n) is 3.50. The van der Waals surface area contributed by atoms with Gasteiger partial charge in [-0.25, -0.2) is 8.42 Å². The highest BCUT2D eigenvalue weighted by molar-refractivity contribution is 7.89. The molecule has 2 aromatic rings. The maximum Gasteiger partial charge on any atom is 0.309 e. The van der Waals surface area contributed by atoms with Gasteiger partial charge >= 0.3 is 11.8 Å². The summed E-state index contributed by atoms with van der Waals surface area (Å²) in [5.41, 5.74) is 0.843. The maximum absolute atomic E-state index is 13.0. The van der Waals surface area contributed by atoms with Crippen LogP contribution in [0.5, 0.6) is 0 Å². The molecule has 1 aromatic heterocycles. The first-order valence-corrected chi connectivity index (χ1v) is 11.4. The van der Waals surface area contributed by atoms with Crippen molar-refractivity contribution in [1.29, 1.82) is 0 Å². The minimum atomic E-state index is -3.58. The summed E-state index contributed by atoms with van der Waals surface area (Å²) in [6.07, 6.45) is 6.16. The van der Waals surface area contributed by atoms with E-state index in [2.05, 4.69) is 15.6 Å². The lowest BCUT2D eigenvalue weighted by Gasteiger charge is -2.34. The molecule has 0 aliphatic carbocycles. The van der Waals surface area contributed by atoms with Crippen molar-refractivity contribution in [1.82, 2.24) is 19.9 Å². The number of piperidine rings is 1. The lowest BCUT2D eigenvalue weighted by molar-refractivity contribution is -0.139. The molecule has 2 heterocycles. The summed E-state index contributed by atoms with van der Waals surface area (Å²) < 4.78 is 27.5. The average Bonchev–Trinajstić information content (AvgIpc) is 2.79. The Hall–Kier alpha value is -2.78. The van der Waals surface area contributed by atoms with Crippen LogP contribution in [0.4, 0.5) is 0 Å². The van der Waals surface area contributed by atoms with Gasteiger partial charge in [-0.3, -0.25) is 14.6 Å². The summed E-state index contributed by atoms with van der Waals surface area (Å²) in [6.45, 7) is 0.926. The second kappa shape index (κ2) is 10.3. The fraction of sp³-hybridized carbons (Fsp3) is 0.381. The molecule has 2 amide bonds.